The highest BCUT2D eigenvalue weighted by Crippen LogP contribution is 2.43. The van der Waals surface area contributed by atoms with E-state index >= 15 is 0 Å². The molecule has 0 saturated heterocycles. The average Bonchev–Trinajstić information content (AvgIpc) is 2.44. The van der Waals surface area contributed by atoms with E-state index in [1.165, 1.54) is 5.56 Å². The lowest BCUT2D eigenvalue weighted by Crippen LogP contribution is -2.44. The van der Waals surface area contributed by atoms with Gasteiger partial charge in [0.25, 0.3) is 0 Å². The summed E-state index contributed by atoms with van der Waals surface area (Å²) in [5.41, 5.74) is 7.30. The van der Waals surface area contributed by atoms with Crippen LogP contribution < -0.4 is 15.2 Å². The number of hydrogen-bond acceptors (Lipinski definition) is 3. The maximum absolute atomic E-state index is 5.99. The molecule has 1 aromatic carbocycles. The fraction of sp³-hybridized carbons (Fsp3) is 0.647. The van der Waals surface area contributed by atoms with Gasteiger partial charge in [0.15, 0.2) is 11.5 Å². The summed E-state index contributed by atoms with van der Waals surface area (Å²) in [6, 6.07) is 6.64. The van der Waals surface area contributed by atoms with Crippen molar-refractivity contribution < 1.29 is 9.47 Å². The second-order valence-electron chi connectivity index (χ2n) is 6.31. The van der Waals surface area contributed by atoms with Crippen LogP contribution in [-0.2, 0) is 0 Å². The Morgan fingerprint density at radius 1 is 1.30 bits per heavy atom. The molecule has 3 heteroatoms. The van der Waals surface area contributed by atoms with Crippen LogP contribution >= 0.6 is 0 Å². The van der Waals surface area contributed by atoms with Crippen molar-refractivity contribution in [3.05, 3.63) is 23.8 Å². The molecule has 1 aliphatic carbocycles. The Morgan fingerprint density at radius 3 is 2.60 bits per heavy atom. The van der Waals surface area contributed by atoms with Crippen LogP contribution in [0.4, 0.5) is 0 Å². The van der Waals surface area contributed by atoms with E-state index in [-0.39, 0.29) is 0 Å². The molecule has 0 heterocycles. The number of rotatable bonds is 6. The van der Waals surface area contributed by atoms with Crippen LogP contribution in [0.1, 0.15) is 45.1 Å². The number of benzene rings is 1. The highest BCUT2D eigenvalue weighted by molar-refractivity contribution is 5.44. The molecule has 1 fully saturated rings. The van der Waals surface area contributed by atoms with Gasteiger partial charge in [0, 0.05) is 6.04 Å². The van der Waals surface area contributed by atoms with Crippen molar-refractivity contribution in [2.24, 2.45) is 17.6 Å². The summed E-state index contributed by atoms with van der Waals surface area (Å²) in [6.07, 6.45) is 2.12. The zero-order valence-corrected chi connectivity index (χ0v) is 13.1. The normalized spacial score (nSPS) is 25.4. The Balaban J connectivity index is 2.04. The van der Waals surface area contributed by atoms with Gasteiger partial charge in [0.05, 0.1) is 13.7 Å². The molecule has 1 aromatic rings. The quantitative estimate of drug-likeness (QED) is 0.864. The van der Waals surface area contributed by atoms with Gasteiger partial charge in [-0.2, -0.15) is 0 Å². The summed E-state index contributed by atoms with van der Waals surface area (Å²) in [5.74, 6) is 3.43. The van der Waals surface area contributed by atoms with Crippen molar-refractivity contribution in [1.29, 1.82) is 0 Å². The van der Waals surface area contributed by atoms with Gasteiger partial charge in [-0.25, -0.2) is 0 Å². The summed E-state index contributed by atoms with van der Waals surface area (Å²) in [4.78, 5) is 0. The van der Waals surface area contributed by atoms with E-state index in [2.05, 4.69) is 32.9 Å². The lowest BCUT2D eigenvalue weighted by atomic mass is 9.67. The third kappa shape index (κ3) is 3.26. The van der Waals surface area contributed by atoms with Crippen LogP contribution in [-0.4, -0.2) is 19.8 Å². The predicted molar refractivity (Wildman–Crippen MR) is 82.4 cm³/mol. The molecular formula is C17H27NO2. The molecule has 1 saturated carbocycles. The molecule has 20 heavy (non-hydrogen) atoms. The molecule has 2 rings (SSSR count). The Bertz CT molecular complexity index is 445. The lowest BCUT2D eigenvalue weighted by Gasteiger charge is -2.41. The van der Waals surface area contributed by atoms with Crippen LogP contribution in [0.15, 0.2) is 18.2 Å². The summed E-state index contributed by atoms with van der Waals surface area (Å²) in [7, 11) is 1.70. The van der Waals surface area contributed by atoms with E-state index in [1.807, 2.05) is 6.07 Å². The third-order valence-electron chi connectivity index (χ3n) is 4.40. The summed E-state index contributed by atoms with van der Waals surface area (Å²) >= 11 is 0. The van der Waals surface area contributed by atoms with Gasteiger partial charge in [-0.05, 0) is 48.3 Å². The fourth-order valence-corrected chi connectivity index (χ4v) is 2.70. The van der Waals surface area contributed by atoms with E-state index in [9.17, 15) is 0 Å². The van der Waals surface area contributed by atoms with Crippen LogP contribution in [0.3, 0.4) is 0 Å². The topological polar surface area (TPSA) is 44.5 Å². The first-order chi connectivity index (χ1) is 9.52. The van der Waals surface area contributed by atoms with Crippen molar-refractivity contribution >= 4 is 0 Å². The van der Waals surface area contributed by atoms with Gasteiger partial charge in [-0.1, -0.05) is 26.8 Å². The van der Waals surface area contributed by atoms with Crippen LogP contribution in [0.5, 0.6) is 11.5 Å². The van der Waals surface area contributed by atoms with Gasteiger partial charge >= 0.3 is 0 Å². The first-order valence-corrected chi connectivity index (χ1v) is 7.59. The van der Waals surface area contributed by atoms with Crippen LogP contribution in [0.25, 0.3) is 0 Å². The van der Waals surface area contributed by atoms with Crippen molar-refractivity contribution in [2.75, 3.05) is 13.7 Å². The number of ether oxygens (including phenoxy) is 2. The predicted octanol–water partition coefficient (Wildman–Crippen LogP) is 3.57. The molecule has 0 bridgehead atoms. The van der Waals surface area contributed by atoms with E-state index < -0.39 is 0 Å². The Morgan fingerprint density at radius 2 is 2.05 bits per heavy atom. The van der Waals surface area contributed by atoms with Gasteiger partial charge < -0.3 is 15.2 Å². The van der Waals surface area contributed by atoms with E-state index in [4.69, 9.17) is 15.2 Å². The molecule has 0 aliphatic heterocycles. The highest BCUT2D eigenvalue weighted by Gasteiger charge is 2.36. The molecule has 0 radical (unpaired) electrons. The Hall–Kier alpha value is -1.22. The van der Waals surface area contributed by atoms with Gasteiger partial charge in [-0.15, -0.1) is 0 Å². The molecule has 0 aromatic heterocycles. The van der Waals surface area contributed by atoms with Crippen molar-refractivity contribution in [2.45, 2.75) is 45.6 Å². The first kappa shape index (κ1) is 15.2. The van der Waals surface area contributed by atoms with Crippen molar-refractivity contribution in [3.63, 3.8) is 0 Å². The lowest BCUT2D eigenvalue weighted by molar-refractivity contribution is 0.225. The molecule has 0 amide bonds. The summed E-state index contributed by atoms with van der Waals surface area (Å²) < 4.78 is 11.3. The van der Waals surface area contributed by atoms with E-state index in [1.54, 1.807) is 7.11 Å². The third-order valence-corrected chi connectivity index (χ3v) is 4.40. The van der Waals surface area contributed by atoms with E-state index in [0.29, 0.717) is 23.8 Å². The van der Waals surface area contributed by atoms with E-state index in [0.717, 1.165) is 30.9 Å². The van der Waals surface area contributed by atoms with Crippen molar-refractivity contribution in [1.82, 2.24) is 0 Å². The zero-order valence-electron chi connectivity index (χ0n) is 13.1. The summed E-state index contributed by atoms with van der Waals surface area (Å²) in [5, 5.41) is 0. The number of methoxy groups -OCH3 is 1. The van der Waals surface area contributed by atoms with Gasteiger partial charge in [0.2, 0.25) is 0 Å². The minimum absolute atomic E-state index is 0.341. The minimum atomic E-state index is 0.341. The first-order valence-electron chi connectivity index (χ1n) is 7.59. The van der Waals surface area contributed by atoms with Crippen LogP contribution in [0.2, 0.25) is 0 Å². The smallest absolute Gasteiger partial charge is 0.161 e. The largest absolute Gasteiger partial charge is 0.493 e. The molecule has 2 N–H and O–H groups in total. The molecule has 3 nitrogen and oxygen atoms in total. The molecular weight excluding hydrogens is 250 g/mol. The number of nitrogens with two attached hydrogens (primary N) is 1. The zero-order chi connectivity index (χ0) is 14.7. The van der Waals surface area contributed by atoms with Gasteiger partial charge in [-0.3, -0.25) is 0 Å². The minimum Gasteiger partial charge on any atom is -0.493 e. The number of hydrogen-bond donors (Lipinski definition) is 1. The van der Waals surface area contributed by atoms with Gasteiger partial charge in [0.1, 0.15) is 0 Å². The van der Waals surface area contributed by atoms with Crippen molar-refractivity contribution in [3.8, 4) is 11.5 Å². The SMILES string of the molecule is COc1cc(C2CC(N)C2C)ccc1OCCC(C)C. The summed E-state index contributed by atoms with van der Waals surface area (Å²) in [6.45, 7) is 7.35. The standard InChI is InChI=1S/C17H27NO2/c1-11(2)7-8-20-16-6-5-13(9-17(16)19-4)14-10-15(18)12(14)3/h5-6,9,11-12,14-15H,7-8,10,18H2,1-4H3. The maximum atomic E-state index is 5.99. The van der Waals surface area contributed by atoms with Crippen LogP contribution in [0, 0.1) is 11.8 Å². The second-order valence-corrected chi connectivity index (χ2v) is 6.31. The maximum Gasteiger partial charge on any atom is 0.161 e. The molecule has 1 aliphatic rings. The molecule has 112 valence electrons. The average molecular weight is 277 g/mol. The molecule has 3 unspecified atom stereocenters. The molecule has 3 atom stereocenters. The second kappa shape index (κ2) is 6.49. The monoisotopic (exact) mass is 277 g/mol. The fourth-order valence-electron chi connectivity index (χ4n) is 2.70. The molecule has 0 spiro atoms. The Kier molecular flexibility index (Phi) is 4.92. The highest BCUT2D eigenvalue weighted by atomic mass is 16.5. The Labute approximate surface area is 122 Å².